The van der Waals surface area contributed by atoms with E-state index in [4.69, 9.17) is 9.47 Å². The molecule has 0 N–H and O–H groups in total. The topological polar surface area (TPSA) is 18.5 Å². The lowest BCUT2D eigenvalue weighted by Gasteiger charge is -2.20. The molecule has 0 saturated heterocycles. The number of rotatable bonds is 4. The van der Waals surface area contributed by atoms with Crippen molar-refractivity contribution < 1.29 is 9.47 Å². The molecule has 1 aliphatic rings. The molecular weight excluding hydrogens is 276 g/mol. The zero-order valence-corrected chi connectivity index (χ0v) is 13.5. The standard InChI is InChI=1S/C18H20O2Si/c1-21(2,16-8-4-3-5-9-16)12-6-7-15-10-11-17-18(13-15)20-14-19-17/h3-11,13H,12,14H2,1-2H3/b7-6+. The number of fused-ring (bicyclic) bond motifs is 1. The second-order valence-electron chi connectivity index (χ2n) is 5.97. The molecule has 0 aliphatic carbocycles. The third-order valence-electron chi connectivity index (χ3n) is 3.89. The summed E-state index contributed by atoms with van der Waals surface area (Å²) in [4.78, 5) is 0. The van der Waals surface area contributed by atoms with Gasteiger partial charge in [0.1, 0.15) is 0 Å². The minimum atomic E-state index is -1.40. The van der Waals surface area contributed by atoms with Gasteiger partial charge in [-0.3, -0.25) is 0 Å². The van der Waals surface area contributed by atoms with Crippen LogP contribution in [0.25, 0.3) is 6.08 Å². The Kier molecular flexibility index (Phi) is 3.84. The first kappa shape index (κ1) is 14.0. The molecular formula is C18H20O2Si. The van der Waals surface area contributed by atoms with E-state index in [9.17, 15) is 0 Å². The number of allylic oxidation sites excluding steroid dienone is 1. The summed E-state index contributed by atoms with van der Waals surface area (Å²) in [5.74, 6) is 1.68. The van der Waals surface area contributed by atoms with Gasteiger partial charge in [0.15, 0.2) is 11.5 Å². The smallest absolute Gasteiger partial charge is 0.231 e. The summed E-state index contributed by atoms with van der Waals surface area (Å²) in [6, 6.07) is 18.1. The Hall–Kier alpha value is -2.00. The Balaban J connectivity index is 1.69. The summed E-state index contributed by atoms with van der Waals surface area (Å²) in [5, 5.41) is 1.50. The third-order valence-corrected chi connectivity index (χ3v) is 7.04. The lowest BCUT2D eigenvalue weighted by atomic mass is 10.2. The molecule has 2 nitrogen and oxygen atoms in total. The molecule has 0 atom stereocenters. The molecule has 0 aromatic heterocycles. The summed E-state index contributed by atoms with van der Waals surface area (Å²) < 4.78 is 10.7. The normalized spacial score (nSPS) is 13.8. The van der Waals surface area contributed by atoms with Crippen LogP contribution in [0.15, 0.2) is 54.6 Å². The maximum absolute atomic E-state index is 5.41. The number of hydrogen-bond donors (Lipinski definition) is 0. The van der Waals surface area contributed by atoms with Crippen molar-refractivity contribution in [2.24, 2.45) is 0 Å². The molecule has 108 valence electrons. The predicted molar refractivity (Wildman–Crippen MR) is 90.0 cm³/mol. The summed E-state index contributed by atoms with van der Waals surface area (Å²) in [7, 11) is -1.40. The second-order valence-corrected chi connectivity index (χ2v) is 10.7. The largest absolute Gasteiger partial charge is 0.454 e. The van der Waals surface area contributed by atoms with Crippen molar-refractivity contribution in [3.8, 4) is 11.5 Å². The van der Waals surface area contributed by atoms with Gasteiger partial charge in [0.25, 0.3) is 0 Å². The van der Waals surface area contributed by atoms with E-state index in [0.717, 1.165) is 23.1 Å². The Bertz CT molecular complexity index is 648. The number of ether oxygens (including phenoxy) is 2. The molecule has 21 heavy (non-hydrogen) atoms. The molecule has 1 aliphatic heterocycles. The quantitative estimate of drug-likeness (QED) is 0.793. The lowest BCUT2D eigenvalue weighted by Crippen LogP contribution is -2.40. The SMILES string of the molecule is C[Si](C)(C/C=C/c1ccc2c(c1)OCO2)c1ccccc1. The zero-order valence-electron chi connectivity index (χ0n) is 12.5. The molecule has 0 spiro atoms. The van der Waals surface area contributed by atoms with Crippen LogP contribution in [0, 0.1) is 0 Å². The van der Waals surface area contributed by atoms with E-state index in [1.165, 1.54) is 5.19 Å². The highest BCUT2D eigenvalue weighted by Gasteiger charge is 2.21. The zero-order chi connectivity index (χ0) is 14.7. The van der Waals surface area contributed by atoms with Crippen LogP contribution >= 0.6 is 0 Å². The molecule has 2 aromatic rings. The molecule has 0 saturated carbocycles. The fourth-order valence-corrected chi connectivity index (χ4v) is 4.55. The Morgan fingerprint density at radius 3 is 2.57 bits per heavy atom. The molecule has 1 heterocycles. The lowest BCUT2D eigenvalue weighted by molar-refractivity contribution is 0.174. The first-order valence-electron chi connectivity index (χ1n) is 7.27. The van der Waals surface area contributed by atoms with E-state index in [2.05, 4.69) is 61.6 Å². The van der Waals surface area contributed by atoms with Gasteiger partial charge < -0.3 is 9.47 Å². The fraction of sp³-hybridized carbons (Fsp3) is 0.222. The highest BCUT2D eigenvalue weighted by atomic mass is 28.3. The highest BCUT2D eigenvalue weighted by Crippen LogP contribution is 2.32. The van der Waals surface area contributed by atoms with Crippen molar-refractivity contribution in [1.82, 2.24) is 0 Å². The summed E-state index contributed by atoms with van der Waals surface area (Å²) in [5.41, 5.74) is 1.16. The van der Waals surface area contributed by atoms with Crippen LogP contribution in [0.3, 0.4) is 0 Å². The summed E-state index contributed by atoms with van der Waals surface area (Å²) >= 11 is 0. The Morgan fingerprint density at radius 1 is 1.00 bits per heavy atom. The van der Waals surface area contributed by atoms with Crippen molar-refractivity contribution in [1.29, 1.82) is 0 Å². The maximum atomic E-state index is 5.41. The number of benzene rings is 2. The van der Waals surface area contributed by atoms with Crippen molar-refractivity contribution in [3.63, 3.8) is 0 Å². The van der Waals surface area contributed by atoms with Gasteiger partial charge in [-0.05, 0) is 23.7 Å². The minimum Gasteiger partial charge on any atom is -0.454 e. The molecule has 0 bridgehead atoms. The van der Waals surface area contributed by atoms with E-state index in [0.29, 0.717) is 6.79 Å². The van der Waals surface area contributed by atoms with Gasteiger partial charge in [-0.2, -0.15) is 0 Å². The second kappa shape index (κ2) is 5.78. The fourth-order valence-electron chi connectivity index (χ4n) is 2.51. The molecule has 0 fully saturated rings. The van der Waals surface area contributed by atoms with E-state index in [1.54, 1.807) is 0 Å². The van der Waals surface area contributed by atoms with E-state index < -0.39 is 8.07 Å². The molecule has 0 unspecified atom stereocenters. The van der Waals surface area contributed by atoms with Crippen LogP contribution in [0.1, 0.15) is 5.56 Å². The van der Waals surface area contributed by atoms with E-state index in [-0.39, 0.29) is 0 Å². The van der Waals surface area contributed by atoms with Crippen LogP contribution in [-0.4, -0.2) is 14.9 Å². The van der Waals surface area contributed by atoms with Crippen molar-refractivity contribution in [2.75, 3.05) is 6.79 Å². The minimum absolute atomic E-state index is 0.330. The van der Waals surface area contributed by atoms with Gasteiger partial charge in [0, 0.05) is 0 Å². The maximum Gasteiger partial charge on any atom is 0.231 e. The predicted octanol–water partition coefficient (Wildman–Crippen LogP) is 4.04. The Labute approximate surface area is 127 Å². The molecule has 2 aromatic carbocycles. The first-order valence-corrected chi connectivity index (χ1v) is 10.5. The Morgan fingerprint density at radius 2 is 1.76 bits per heavy atom. The number of hydrogen-bond acceptors (Lipinski definition) is 2. The molecule has 3 rings (SSSR count). The van der Waals surface area contributed by atoms with Gasteiger partial charge in [-0.15, -0.1) is 0 Å². The van der Waals surface area contributed by atoms with Crippen LogP contribution in [0.5, 0.6) is 11.5 Å². The van der Waals surface area contributed by atoms with Crippen molar-refractivity contribution in [3.05, 3.63) is 60.2 Å². The van der Waals surface area contributed by atoms with Gasteiger partial charge in [0.05, 0.1) is 8.07 Å². The molecule has 0 amide bonds. The van der Waals surface area contributed by atoms with Gasteiger partial charge in [0.2, 0.25) is 6.79 Å². The van der Waals surface area contributed by atoms with Crippen LogP contribution < -0.4 is 14.7 Å². The molecule has 0 radical (unpaired) electrons. The highest BCUT2D eigenvalue weighted by molar-refractivity contribution is 6.90. The average molecular weight is 296 g/mol. The first-order chi connectivity index (χ1) is 10.1. The van der Waals surface area contributed by atoms with Gasteiger partial charge >= 0.3 is 0 Å². The monoisotopic (exact) mass is 296 g/mol. The summed E-state index contributed by atoms with van der Waals surface area (Å²) in [6.07, 6.45) is 4.47. The van der Waals surface area contributed by atoms with Crippen molar-refractivity contribution in [2.45, 2.75) is 19.1 Å². The van der Waals surface area contributed by atoms with Gasteiger partial charge in [-0.25, -0.2) is 0 Å². The van der Waals surface area contributed by atoms with Gasteiger partial charge in [-0.1, -0.05) is 66.8 Å². The third kappa shape index (κ3) is 3.19. The van der Waals surface area contributed by atoms with Crippen LogP contribution in [0.4, 0.5) is 0 Å². The van der Waals surface area contributed by atoms with Crippen molar-refractivity contribution >= 4 is 19.3 Å². The van der Waals surface area contributed by atoms with Crippen LogP contribution in [0.2, 0.25) is 19.1 Å². The average Bonchev–Trinajstić information content (AvgIpc) is 2.95. The molecule has 3 heteroatoms. The van der Waals surface area contributed by atoms with E-state index in [1.807, 2.05) is 12.1 Å². The van der Waals surface area contributed by atoms with E-state index >= 15 is 0 Å². The summed E-state index contributed by atoms with van der Waals surface area (Å²) in [6.45, 7) is 5.15. The van der Waals surface area contributed by atoms with Crippen LogP contribution in [-0.2, 0) is 0 Å².